The lowest BCUT2D eigenvalue weighted by atomic mass is 9.99. The Morgan fingerprint density at radius 1 is 0.551 bits per heavy atom. The number of aromatic nitrogens is 8. The number of aryl methyl sites for hydroxylation is 4. The number of halogens is 3. The maximum atomic E-state index is 13.2. The van der Waals surface area contributed by atoms with Crippen LogP contribution in [0.3, 0.4) is 0 Å². The summed E-state index contributed by atoms with van der Waals surface area (Å²) in [6, 6.07) is 21.6. The number of benzene rings is 4. The smallest absolute Gasteiger partial charge is 0.416 e. The molecule has 2 aliphatic heterocycles. The molecular weight excluding hydrogens is 1000 g/mol. The fourth-order valence-electron chi connectivity index (χ4n) is 10.9. The molecule has 2 fully saturated rings. The zero-order chi connectivity index (χ0) is 54.8. The van der Waals surface area contributed by atoms with Crippen molar-refractivity contribution >= 4 is 43.9 Å². The van der Waals surface area contributed by atoms with Crippen LogP contribution in [0.15, 0.2) is 94.2 Å². The second kappa shape index (κ2) is 22.6. The topological polar surface area (TPSA) is 160 Å². The van der Waals surface area contributed by atoms with Crippen molar-refractivity contribution in [3.05, 3.63) is 136 Å². The molecule has 0 spiro atoms. The Hall–Kier alpha value is -7.83. The summed E-state index contributed by atoms with van der Waals surface area (Å²) in [5.74, 6) is 6.13. The van der Waals surface area contributed by atoms with Crippen LogP contribution >= 0.6 is 0 Å². The molecular formula is C60H63F3N8O7. The van der Waals surface area contributed by atoms with Crippen molar-refractivity contribution in [2.75, 3.05) is 47.8 Å². The average Bonchev–Trinajstić information content (AvgIpc) is 4.27. The molecule has 78 heavy (non-hydrogen) atoms. The summed E-state index contributed by atoms with van der Waals surface area (Å²) in [5, 5.41) is 10.1. The van der Waals surface area contributed by atoms with Crippen molar-refractivity contribution in [2.45, 2.75) is 98.3 Å². The average molecular weight is 1070 g/mol. The first-order valence-electron chi connectivity index (χ1n) is 26.4. The zero-order valence-corrected chi connectivity index (χ0v) is 45.4. The van der Waals surface area contributed by atoms with Gasteiger partial charge in [-0.2, -0.15) is 13.2 Å². The summed E-state index contributed by atoms with van der Waals surface area (Å²) in [4.78, 5) is 19.7. The number of alkyl halides is 3. The quantitative estimate of drug-likeness (QED) is 0.121. The normalized spacial score (nSPS) is 14.4. The minimum atomic E-state index is -4.38. The molecule has 0 amide bonds. The van der Waals surface area contributed by atoms with Crippen molar-refractivity contribution in [1.29, 1.82) is 0 Å². The van der Waals surface area contributed by atoms with Crippen LogP contribution in [-0.4, -0.2) is 87.1 Å². The lowest BCUT2D eigenvalue weighted by Gasteiger charge is -2.23. The number of nitrogens with zero attached hydrogens (tertiary/aromatic N) is 8. The van der Waals surface area contributed by atoms with Gasteiger partial charge in [0.1, 0.15) is 51.5 Å². The highest BCUT2D eigenvalue weighted by Gasteiger charge is 2.31. The maximum absolute atomic E-state index is 13.2. The first-order valence-corrected chi connectivity index (χ1v) is 26.4. The summed E-state index contributed by atoms with van der Waals surface area (Å²) in [5.41, 5.74) is 11.5. The van der Waals surface area contributed by atoms with Crippen molar-refractivity contribution < 1.29 is 45.9 Å². The molecule has 4 aromatic carbocycles. The predicted molar refractivity (Wildman–Crippen MR) is 293 cm³/mol. The van der Waals surface area contributed by atoms with E-state index in [4.69, 9.17) is 52.7 Å². The van der Waals surface area contributed by atoms with Gasteiger partial charge in [-0.3, -0.25) is 9.97 Å². The van der Waals surface area contributed by atoms with Gasteiger partial charge in [0.05, 0.1) is 83.9 Å². The largest absolute Gasteiger partial charge is 0.497 e. The number of hydrogen-bond acceptors (Lipinski definition) is 13. The van der Waals surface area contributed by atoms with Crippen molar-refractivity contribution in [1.82, 2.24) is 39.4 Å². The molecule has 12 rings (SSSR count). The van der Waals surface area contributed by atoms with Gasteiger partial charge in [-0.05, 0) is 113 Å². The van der Waals surface area contributed by atoms with Gasteiger partial charge in [-0.1, -0.05) is 48.4 Å². The third-order valence-electron chi connectivity index (χ3n) is 14.7. The van der Waals surface area contributed by atoms with Gasteiger partial charge in [0.25, 0.3) is 0 Å². The second-order valence-corrected chi connectivity index (χ2v) is 19.5. The van der Waals surface area contributed by atoms with Gasteiger partial charge < -0.3 is 41.9 Å². The van der Waals surface area contributed by atoms with Crippen molar-refractivity contribution in [3.63, 3.8) is 0 Å². The molecule has 0 radical (unpaired) electrons. The first kappa shape index (κ1) is 53.6. The fraction of sp³-hybridized carbons (Fsp3) is 0.367. The van der Waals surface area contributed by atoms with Gasteiger partial charge in [-0.25, -0.2) is 9.97 Å². The molecule has 0 atom stereocenters. The molecule has 0 N–H and O–H groups in total. The molecule has 8 heterocycles. The Labute approximate surface area is 449 Å². The summed E-state index contributed by atoms with van der Waals surface area (Å²) in [6.07, 6.45) is 2.81. The number of fused-ring (bicyclic) bond motifs is 6. The third-order valence-corrected chi connectivity index (χ3v) is 14.7. The minimum Gasteiger partial charge on any atom is -0.497 e. The molecule has 15 nitrogen and oxygen atoms in total. The molecule has 18 heteroatoms. The van der Waals surface area contributed by atoms with Crippen LogP contribution in [0.4, 0.5) is 13.2 Å². The van der Waals surface area contributed by atoms with Crippen LogP contribution in [0.25, 0.3) is 66.1 Å². The van der Waals surface area contributed by atoms with Crippen LogP contribution in [0, 0.1) is 27.7 Å². The van der Waals surface area contributed by atoms with E-state index >= 15 is 0 Å². The Kier molecular flexibility index (Phi) is 15.5. The van der Waals surface area contributed by atoms with E-state index in [1.54, 1.807) is 27.5 Å². The number of rotatable bonds is 11. The Balaban J connectivity index is 0.000000171. The summed E-state index contributed by atoms with van der Waals surface area (Å²) in [6.45, 7) is 15.4. The number of imidazole rings is 2. The second-order valence-electron chi connectivity index (χ2n) is 19.5. The van der Waals surface area contributed by atoms with Gasteiger partial charge in [0, 0.05) is 73.3 Å². The molecule has 2 aliphatic rings. The Morgan fingerprint density at radius 2 is 0.962 bits per heavy atom. The molecule has 406 valence electrons. The van der Waals surface area contributed by atoms with Crippen LogP contribution in [-0.2, 0) is 28.7 Å². The van der Waals surface area contributed by atoms with Crippen molar-refractivity contribution in [3.8, 4) is 39.5 Å². The lowest BCUT2D eigenvalue weighted by Crippen LogP contribution is -2.18. The number of hydrogen-bond donors (Lipinski definition) is 0. The molecule has 10 aromatic rings. The van der Waals surface area contributed by atoms with Crippen LogP contribution in [0.5, 0.6) is 17.2 Å². The van der Waals surface area contributed by atoms with Gasteiger partial charge >= 0.3 is 6.18 Å². The highest BCUT2D eigenvalue weighted by Crippen LogP contribution is 2.43. The molecule has 0 aliphatic carbocycles. The first-order chi connectivity index (χ1) is 37.8. The third kappa shape index (κ3) is 10.4. The van der Waals surface area contributed by atoms with E-state index in [0.29, 0.717) is 43.7 Å². The Morgan fingerprint density at radius 3 is 1.32 bits per heavy atom. The van der Waals surface area contributed by atoms with E-state index in [2.05, 4.69) is 43.7 Å². The molecule has 0 saturated carbocycles. The van der Waals surface area contributed by atoms with Crippen LogP contribution < -0.4 is 14.2 Å². The standard InChI is InChI=1S/C29H27F3N4O3.C29H30N4O4.C2H6/c1-16-26(17(2)39-35-16)22-12-23-21(13-25(22)37-3)27-24(14-33-23)34-28(19-8-10-38-11-9-19)36(27)15-18-4-6-20(7-5-18)29(30,31)32;1-17-27(18(2)37-32-17)23-13-24-22(14-26(23)35-4)28-25(15-30-24)31-29(20-9-11-36-12-10-20)33(28)16-19-5-7-21(34-3)8-6-19;1-2/h4-7,12-14,19H,8-11,15H2,1-3H3;5-8,13-15,20H,9-12,16H2,1-4H3;1-2H3. The predicted octanol–water partition coefficient (Wildman–Crippen LogP) is 13.7. The van der Waals surface area contributed by atoms with E-state index < -0.39 is 11.7 Å². The monoisotopic (exact) mass is 1060 g/mol. The van der Waals surface area contributed by atoms with Crippen LogP contribution in [0.2, 0.25) is 0 Å². The Bertz CT molecular complexity index is 3700. The van der Waals surface area contributed by atoms with Crippen LogP contribution in [0.1, 0.15) is 103 Å². The van der Waals surface area contributed by atoms with E-state index in [1.165, 1.54) is 17.7 Å². The SMILES string of the molecule is CC.COc1cc2c(cc1-c1c(C)noc1C)ncc1nc(C3CCOCC3)n(Cc3ccc(C(F)(F)F)cc3)c12.COc1ccc(Cn2c(C3CCOCC3)nc3cnc4cc(-c5c(C)noc5C)c(OC)cc4c32)cc1. The lowest BCUT2D eigenvalue weighted by molar-refractivity contribution is -0.137. The van der Waals surface area contributed by atoms with E-state index in [1.807, 2.05) is 72.0 Å². The minimum absolute atomic E-state index is 0.166. The molecule has 0 unspecified atom stereocenters. The number of ether oxygens (including phenoxy) is 5. The molecule has 0 bridgehead atoms. The maximum Gasteiger partial charge on any atom is 0.416 e. The summed E-state index contributed by atoms with van der Waals surface area (Å²) < 4.78 is 83.2. The molecule has 6 aromatic heterocycles. The highest BCUT2D eigenvalue weighted by atomic mass is 19.4. The van der Waals surface area contributed by atoms with E-state index in [0.717, 1.165) is 163 Å². The summed E-state index contributed by atoms with van der Waals surface area (Å²) >= 11 is 0. The number of pyridine rings is 2. The van der Waals surface area contributed by atoms with E-state index in [-0.39, 0.29) is 5.92 Å². The van der Waals surface area contributed by atoms with E-state index in [9.17, 15) is 13.2 Å². The fourth-order valence-corrected chi connectivity index (χ4v) is 10.9. The molecule has 2 saturated heterocycles. The summed E-state index contributed by atoms with van der Waals surface area (Å²) in [7, 11) is 4.99. The number of methoxy groups -OCH3 is 3. The van der Waals surface area contributed by atoms with Gasteiger partial charge in [0.15, 0.2) is 0 Å². The highest BCUT2D eigenvalue weighted by molar-refractivity contribution is 6.06. The van der Waals surface area contributed by atoms with Gasteiger partial charge in [-0.15, -0.1) is 0 Å². The van der Waals surface area contributed by atoms with Gasteiger partial charge in [0.2, 0.25) is 0 Å². The van der Waals surface area contributed by atoms with Crippen molar-refractivity contribution in [2.24, 2.45) is 0 Å². The zero-order valence-electron chi connectivity index (χ0n) is 45.4.